The average molecular weight is 199 g/mol. The highest BCUT2D eigenvalue weighted by Crippen LogP contribution is 2.03. The summed E-state index contributed by atoms with van der Waals surface area (Å²) < 4.78 is 0. The predicted molar refractivity (Wildman–Crippen MR) is 55.6 cm³/mol. The number of carboxylic acid groups (broad SMARTS) is 1. The Balaban J connectivity index is 0. The molecule has 0 spiro atoms. The van der Waals surface area contributed by atoms with E-state index in [1.807, 2.05) is 13.8 Å². The van der Waals surface area contributed by atoms with Gasteiger partial charge in [-0.3, -0.25) is 4.79 Å². The SMILES string of the molecule is C=C(C(N)=O)C(C)C.C=C(C)C(=O)O. The first-order valence-corrected chi connectivity index (χ1v) is 4.07. The Hall–Kier alpha value is -1.58. The molecule has 1 amide bonds. The van der Waals surface area contributed by atoms with Gasteiger partial charge >= 0.3 is 5.97 Å². The van der Waals surface area contributed by atoms with Gasteiger partial charge in [-0.2, -0.15) is 0 Å². The van der Waals surface area contributed by atoms with Gasteiger partial charge in [0, 0.05) is 11.1 Å². The first-order valence-electron chi connectivity index (χ1n) is 4.07. The molecule has 0 aromatic heterocycles. The van der Waals surface area contributed by atoms with Gasteiger partial charge in [0.15, 0.2) is 0 Å². The highest BCUT2D eigenvalue weighted by Gasteiger charge is 2.03. The van der Waals surface area contributed by atoms with E-state index in [4.69, 9.17) is 10.8 Å². The van der Waals surface area contributed by atoms with Crippen molar-refractivity contribution in [3.63, 3.8) is 0 Å². The Morgan fingerprint density at radius 2 is 1.57 bits per heavy atom. The second-order valence-corrected chi connectivity index (χ2v) is 3.13. The average Bonchev–Trinajstić information content (AvgIpc) is 2.03. The smallest absolute Gasteiger partial charge is 0.330 e. The normalized spacial score (nSPS) is 8.57. The molecule has 4 nitrogen and oxygen atoms in total. The summed E-state index contributed by atoms with van der Waals surface area (Å²) in [4.78, 5) is 19.9. The molecule has 0 radical (unpaired) electrons. The van der Waals surface area contributed by atoms with Crippen LogP contribution in [0.25, 0.3) is 0 Å². The van der Waals surface area contributed by atoms with Gasteiger partial charge < -0.3 is 10.8 Å². The summed E-state index contributed by atoms with van der Waals surface area (Å²) in [5, 5.41) is 7.89. The molecule has 0 saturated heterocycles. The largest absolute Gasteiger partial charge is 0.478 e. The number of carbonyl (C=O) groups excluding carboxylic acids is 1. The summed E-state index contributed by atoms with van der Waals surface area (Å²) in [6.07, 6.45) is 0. The summed E-state index contributed by atoms with van der Waals surface area (Å²) in [6.45, 7) is 11.8. The molecule has 0 aromatic rings. The maximum Gasteiger partial charge on any atom is 0.330 e. The molecule has 14 heavy (non-hydrogen) atoms. The standard InChI is InChI=1S/C6H11NO.C4H6O2/c1-4(2)5(3)6(7)8;1-3(2)4(5)6/h4H,3H2,1-2H3,(H2,7,8);1H2,2H3,(H,5,6). The highest BCUT2D eigenvalue weighted by molar-refractivity contribution is 5.91. The molecule has 0 aliphatic rings. The third-order valence-electron chi connectivity index (χ3n) is 1.38. The molecule has 0 fully saturated rings. The van der Waals surface area contributed by atoms with Gasteiger partial charge in [0.2, 0.25) is 5.91 Å². The number of aliphatic carboxylic acids is 1. The molecule has 0 heterocycles. The lowest BCUT2D eigenvalue weighted by molar-refractivity contribution is -0.132. The van der Waals surface area contributed by atoms with Crippen molar-refractivity contribution in [1.82, 2.24) is 0 Å². The molecule has 0 atom stereocenters. The van der Waals surface area contributed by atoms with Crippen molar-refractivity contribution in [1.29, 1.82) is 0 Å². The minimum Gasteiger partial charge on any atom is -0.478 e. The minimum atomic E-state index is -0.935. The molecule has 0 bridgehead atoms. The molecule has 0 aliphatic heterocycles. The van der Waals surface area contributed by atoms with Crippen LogP contribution in [0.3, 0.4) is 0 Å². The lowest BCUT2D eigenvalue weighted by atomic mass is 10.1. The zero-order valence-electron chi connectivity index (χ0n) is 8.83. The fourth-order valence-electron chi connectivity index (χ4n) is 0.285. The van der Waals surface area contributed by atoms with Gasteiger partial charge in [-0.15, -0.1) is 0 Å². The van der Waals surface area contributed by atoms with Crippen LogP contribution in [0.5, 0.6) is 0 Å². The molecule has 0 aliphatic carbocycles. The van der Waals surface area contributed by atoms with Crippen molar-refractivity contribution in [2.75, 3.05) is 0 Å². The molecule has 4 heteroatoms. The summed E-state index contributed by atoms with van der Waals surface area (Å²) in [5.41, 5.74) is 5.57. The second-order valence-electron chi connectivity index (χ2n) is 3.13. The Morgan fingerprint density at radius 1 is 1.29 bits per heavy atom. The van der Waals surface area contributed by atoms with Crippen LogP contribution in [0.4, 0.5) is 0 Å². The summed E-state index contributed by atoms with van der Waals surface area (Å²) >= 11 is 0. The maximum absolute atomic E-state index is 10.3. The van der Waals surface area contributed by atoms with Crippen LogP contribution in [0, 0.1) is 5.92 Å². The number of carbonyl (C=O) groups is 2. The van der Waals surface area contributed by atoms with Crippen molar-refractivity contribution >= 4 is 11.9 Å². The fraction of sp³-hybridized carbons (Fsp3) is 0.400. The molecule has 3 N–H and O–H groups in total. The van der Waals surface area contributed by atoms with Crippen LogP contribution < -0.4 is 5.73 Å². The molecular weight excluding hydrogens is 182 g/mol. The number of hydrogen-bond donors (Lipinski definition) is 2. The third-order valence-corrected chi connectivity index (χ3v) is 1.38. The van der Waals surface area contributed by atoms with Gasteiger partial charge in [-0.05, 0) is 12.8 Å². The Bertz CT molecular complexity index is 242. The van der Waals surface area contributed by atoms with E-state index in [1.165, 1.54) is 6.92 Å². The minimum absolute atomic E-state index is 0.174. The number of amides is 1. The third kappa shape index (κ3) is 8.52. The quantitative estimate of drug-likeness (QED) is 0.673. The van der Waals surface area contributed by atoms with Gasteiger partial charge in [0.05, 0.1) is 0 Å². The Labute approximate surface area is 84.1 Å². The molecule has 0 aromatic carbocycles. The lowest BCUT2D eigenvalue weighted by Crippen LogP contribution is -2.16. The van der Waals surface area contributed by atoms with Gasteiger partial charge in [-0.1, -0.05) is 27.0 Å². The van der Waals surface area contributed by atoms with Crippen LogP contribution in [0.2, 0.25) is 0 Å². The van der Waals surface area contributed by atoms with E-state index in [1.54, 1.807) is 0 Å². The second kappa shape index (κ2) is 6.88. The van der Waals surface area contributed by atoms with Crippen LogP contribution in [0.1, 0.15) is 20.8 Å². The van der Waals surface area contributed by atoms with Crippen LogP contribution in [0.15, 0.2) is 24.3 Å². The summed E-state index contributed by atoms with van der Waals surface area (Å²) in [7, 11) is 0. The van der Waals surface area contributed by atoms with E-state index in [2.05, 4.69) is 13.2 Å². The van der Waals surface area contributed by atoms with E-state index in [0.717, 1.165) is 0 Å². The van der Waals surface area contributed by atoms with Crippen LogP contribution >= 0.6 is 0 Å². The zero-order chi connectivity index (χ0) is 11.9. The summed E-state index contributed by atoms with van der Waals surface area (Å²) in [6, 6.07) is 0. The molecular formula is C10H17NO3. The first kappa shape index (κ1) is 14.9. The number of rotatable bonds is 3. The fourth-order valence-corrected chi connectivity index (χ4v) is 0.285. The monoisotopic (exact) mass is 199 g/mol. The number of carboxylic acids is 1. The van der Waals surface area contributed by atoms with E-state index >= 15 is 0 Å². The van der Waals surface area contributed by atoms with E-state index < -0.39 is 11.9 Å². The van der Waals surface area contributed by atoms with Crippen molar-refractivity contribution in [3.8, 4) is 0 Å². The van der Waals surface area contributed by atoms with E-state index in [0.29, 0.717) is 5.57 Å². The Morgan fingerprint density at radius 3 is 1.57 bits per heavy atom. The van der Waals surface area contributed by atoms with Crippen LogP contribution in [-0.4, -0.2) is 17.0 Å². The van der Waals surface area contributed by atoms with Gasteiger partial charge in [-0.25, -0.2) is 4.79 Å². The van der Waals surface area contributed by atoms with Gasteiger partial charge in [0.25, 0.3) is 0 Å². The van der Waals surface area contributed by atoms with Crippen molar-refractivity contribution < 1.29 is 14.7 Å². The molecule has 80 valence electrons. The van der Waals surface area contributed by atoms with E-state index in [-0.39, 0.29) is 11.5 Å². The lowest BCUT2D eigenvalue weighted by Gasteiger charge is -2.01. The van der Waals surface area contributed by atoms with E-state index in [9.17, 15) is 9.59 Å². The highest BCUT2D eigenvalue weighted by atomic mass is 16.4. The predicted octanol–water partition coefficient (Wildman–Crippen LogP) is 1.33. The first-order chi connectivity index (χ1) is 6.20. The van der Waals surface area contributed by atoms with Crippen LogP contribution in [-0.2, 0) is 9.59 Å². The molecule has 0 saturated carbocycles. The number of nitrogens with two attached hydrogens (primary N) is 1. The van der Waals surface area contributed by atoms with Crippen molar-refractivity contribution in [2.45, 2.75) is 20.8 Å². The zero-order valence-corrected chi connectivity index (χ0v) is 8.83. The topological polar surface area (TPSA) is 80.4 Å². The molecule has 0 rings (SSSR count). The maximum atomic E-state index is 10.3. The number of primary amides is 1. The van der Waals surface area contributed by atoms with Crippen molar-refractivity contribution in [2.24, 2.45) is 11.7 Å². The van der Waals surface area contributed by atoms with Crippen molar-refractivity contribution in [3.05, 3.63) is 24.3 Å². The Kier molecular flexibility index (Phi) is 7.34. The summed E-state index contributed by atoms with van der Waals surface area (Å²) in [5.74, 6) is -1.16. The van der Waals surface area contributed by atoms with Gasteiger partial charge in [0.1, 0.15) is 0 Å². The molecule has 0 unspecified atom stereocenters. The number of hydrogen-bond acceptors (Lipinski definition) is 2.